The van der Waals surface area contributed by atoms with Crippen LogP contribution in [0, 0.1) is 32.9 Å². The molecule has 56 heavy (non-hydrogen) atoms. The molecule has 0 bridgehead atoms. The Balaban J connectivity index is 0.000000212. The van der Waals surface area contributed by atoms with Crippen molar-refractivity contribution in [1.82, 2.24) is 19.5 Å². The van der Waals surface area contributed by atoms with Gasteiger partial charge in [0.1, 0.15) is 5.58 Å². The molecule has 9 aromatic rings. The maximum absolute atomic E-state index is 6.46. The number of benzene rings is 5. The van der Waals surface area contributed by atoms with Gasteiger partial charge in [-0.15, -0.1) is 54.1 Å². The fraction of sp³-hybridized carbons (Fsp3) is 0.180. The molecule has 0 atom stereocenters. The van der Waals surface area contributed by atoms with E-state index >= 15 is 0 Å². The maximum atomic E-state index is 6.46. The van der Waals surface area contributed by atoms with Crippen molar-refractivity contribution in [3.05, 3.63) is 168 Å². The number of rotatable bonds is 6. The molecule has 281 valence electrons. The maximum Gasteiger partial charge on any atom is 0.120 e. The summed E-state index contributed by atoms with van der Waals surface area (Å²) in [4.78, 5) is 14.7. The number of hydrogen-bond donors (Lipinski definition) is 0. The van der Waals surface area contributed by atoms with E-state index in [-0.39, 0.29) is 20.1 Å². The first-order valence-electron chi connectivity index (χ1n) is 19.0. The number of furan rings is 1. The monoisotopic (exact) mass is 909 g/mol. The van der Waals surface area contributed by atoms with Gasteiger partial charge in [0.2, 0.25) is 0 Å². The van der Waals surface area contributed by atoms with Gasteiger partial charge in [0.15, 0.2) is 0 Å². The Kier molecular flexibility index (Phi) is 11.2. The summed E-state index contributed by atoms with van der Waals surface area (Å²) in [7, 11) is 0. The third-order valence-electron chi connectivity index (χ3n) is 10.4. The van der Waals surface area contributed by atoms with Crippen molar-refractivity contribution in [3.63, 3.8) is 0 Å². The summed E-state index contributed by atoms with van der Waals surface area (Å²) in [5.41, 5.74) is 15.8. The SMILES string of the molecule is Cc1nc(C)c2c(nc(-c3[c-]ccc4c3oc3ccccc34)n2-c2c(C(C)C)cccc2C(C)C)c1C.[Ir].[c-]1ccccc1-c1cc(-c2ccccc2)ccn1. The minimum Gasteiger partial charge on any atom is -0.501 e. The van der Waals surface area contributed by atoms with E-state index in [1.165, 1.54) is 27.9 Å². The first-order valence-corrected chi connectivity index (χ1v) is 19.0. The minimum absolute atomic E-state index is 0. The number of fused-ring (bicyclic) bond motifs is 4. The quantitative estimate of drug-likeness (QED) is 0.156. The van der Waals surface area contributed by atoms with Crippen LogP contribution < -0.4 is 0 Å². The van der Waals surface area contributed by atoms with E-state index in [4.69, 9.17) is 14.4 Å². The van der Waals surface area contributed by atoms with Crippen molar-refractivity contribution < 1.29 is 24.5 Å². The summed E-state index contributed by atoms with van der Waals surface area (Å²) in [6, 6.07) is 48.0. The molecule has 0 aliphatic rings. The summed E-state index contributed by atoms with van der Waals surface area (Å²) in [6.45, 7) is 15.3. The van der Waals surface area contributed by atoms with Crippen LogP contribution in [0.1, 0.15) is 67.6 Å². The average molecular weight is 909 g/mol. The van der Waals surface area contributed by atoms with Gasteiger partial charge in [-0.1, -0.05) is 111 Å². The smallest absolute Gasteiger partial charge is 0.120 e. The third kappa shape index (κ3) is 7.11. The Morgan fingerprint density at radius 2 is 1.36 bits per heavy atom. The second kappa shape index (κ2) is 16.2. The fourth-order valence-corrected chi connectivity index (χ4v) is 7.53. The number of hydrogen-bond acceptors (Lipinski definition) is 4. The molecular weight excluding hydrogens is 865 g/mol. The molecule has 4 heterocycles. The first-order chi connectivity index (χ1) is 26.7. The van der Waals surface area contributed by atoms with E-state index in [0.717, 1.165) is 72.6 Å². The van der Waals surface area contributed by atoms with E-state index in [9.17, 15) is 0 Å². The third-order valence-corrected chi connectivity index (χ3v) is 10.4. The van der Waals surface area contributed by atoms with Crippen LogP contribution in [0.2, 0.25) is 0 Å². The Morgan fingerprint density at radius 3 is 2.07 bits per heavy atom. The van der Waals surface area contributed by atoms with Crippen LogP contribution in [-0.2, 0) is 20.1 Å². The van der Waals surface area contributed by atoms with Crippen molar-refractivity contribution in [2.75, 3.05) is 0 Å². The molecule has 0 saturated heterocycles. The number of pyridine rings is 2. The van der Waals surface area contributed by atoms with Crippen LogP contribution in [-0.4, -0.2) is 19.5 Å². The minimum atomic E-state index is 0. The Hall–Kier alpha value is -5.68. The van der Waals surface area contributed by atoms with Gasteiger partial charge in [0.25, 0.3) is 0 Å². The zero-order chi connectivity index (χ0) is 38.2. The molecule has 0 saturated carbocycles. The average Bonchev–Trinajstić information content (AvgIpc) is 3.81. The molecule has 0 aliphatic heterocycles. The zero-order valence-corrected chi connectivity index (χ0v) is 35.2. The van der Waals surface area contributed by atoms with Gasteiger partial charge in [0, 0.05) is 43.1 Å². The fourth-order valence-electron chi connectivity index (χ4n) is 7.53. The topological polar surface area (TPSA) is 56.7 Å². The Morgan fingerprint density at radius 1 is 0.643 bits per heavy atom. The van der Waals surface area contributed by atoms with E-state index < -0.39 is 0 Å². The van der Waals surface area contributed by atoms with Crippen molar-refractivity contribution in [2.24, 2.45) is 0 Å². The summed E-state index contributed by atoms with van der Waals surface area (Å²) in [5, 5.41) is 2.18. The van der Waals surface area contributed by atoms with Crippen LogP contribution in [0.5, 0.6) is 0 Å². The van der Waals surface area contributed by atoms with Gasteiger partial charge in [-0.2, -0.15) is 0 Å². The molecule has 9 rings (SSSR count). The molecule has 0 aliphatic carbocycles. The molecule has 5 aromatic carbocycles. The molecule has 0 unspecified atom stereocenters. The number of aromatic nitrogens is 4. The molecule has 5 nitrogen and oxygen atoms in total. The number of imidazole rings is 1. The Labute approximate surface area is 342 Å². The van der Waals surface area contributed by atoms with E-state index in [0.29, 0.717) is 11.8 Å². The van der Waals surface area contributed by atoms with Crippen molar-refractivity contribution in [3.8, 4) is 39.5 Å². The molecular formula is C50H44IrN4O-2. The molecule has 4 aromatic heterocycles. The molecule has 0 N–H and O–H groups in total. The van der Waals surface area contributed by atoms with Crippen LogP contribution in [0.3, 0.4) is 0 Å². The molecule has 0 spiro atoms. The van der Waals surface area contributed by atoms with E-state index in [1.807, 2.05) is 72.9 Å². The van der Waals surface area contributed by atoms with Gasteiger partial charge in [-0.3, -0.25) is 9.97 Å². The number of para-hydroxylation sites is 2. The second-order valence-corrected chi connectivity index (χ2v) is 14.7. The van der Waals surface area contributed by atoms with Crippen molar-refractivity contribution >= 4 is 33.0 Å². The largest absolute Gasteiger partial charge is 0.501 e. The van der Waals surface area contributed by atoms with Gasteiger partial charge >= 0.3 is 0 Å². The van der Waals surface area contributed by atoms with Crippen molar-refractivity contribution in [2.45, 2.75) is 60.3 Å². The summed E-state index contributed by atoms with van der Waals surface area (Å²) < 4.78 is 8.80. The van der Waals surface area contributed by atoms with Crippen LogP contribution >= 0.6 is 0 Å². The van der Waals surface area contributed by atoms with Gasteiger partial charge in [-0.25, -0.2) is 0 Å². The van der Waals surface area contributed by atoms with Crippen LogP contribution in [0.4, 0.5) is 0 Å². The first kappa shape index (κ1) is 38.6. The van der Waals surface area contributed by atoms with Gasteiger partial charge < -0.3 is 14.0 Å². The zero-order valence-electron chi connectivity index (χ0n) is 32.8. The second-order valence-electron chi connectivity index (χ2n) is 14.7. The molecule has 1 radical (unpaired) electrons. The molecule has 0 amide bonds. The van der Waals surface area contributed by atoms with E-state index in [1.54, 1.807) is 0 Å². The van der Waals surface area contributed by atoms with E-state index in [2.05, 4.69) is 125 Å². The summed E-state index contributed by atoms with van der Waals surface area (Å²) in [5.74, 6) is 1.52. The summed E-state index contributed by atoms with van der Waals surface area (Å²) in [6.07, 6.45) is 1.85. The van der Waals surface area contributed by atoms with Crippen LogP contribution in [0.15, 0.2) is 132 Å². The standard InChI is InChI=1S/C33H32N3O.C17H12N.Ir/c1-18(2)23-13-10-14-24(19(3)4)31(23)36-30-22(7)34-21(6)20(5)29(30)35-33(36)27-16-11-15-26-25-12-8-9-17-28(25)37-32(26)27;1-3-7-14(8-4-1)16-11-12-18-17(13-16)15-9-5-2-6-10-15;/h8-15,17-19H,1-7H3;1-9,11-13H;/q2*-1;. The normalized spacial score (nSPS) is 11.3. The predicted molar refractivity (Wildman–Crippen MR) is 227 cm³/mol. The summed E-state index contributed by atoms with van der Waals surface area (Å²) >= 11 is 0. The number of aryl methyl sites for hydroxylation is 3. The number of nitrogens with zero attached hydrogens (tertiary/aromatic N) is 4. The van der Waals surface area contributed by atoms with Crippen LogP contribution in [0.25, 0.3) is 72.4 Å². The predicted octanol–water partition coefficient (Wildman–Crippen LogP) is 13.2. The van der Waals surface area contributed by atoms with Gasteiger partial charge in [-0.05, 0) is 78.3 Å². The molecule has 0 fully saturated rings. The van der Waals surface area contributed by atoms with Gasteiger partial charge in [0.05, 0.1) is 28.1 Å². The molecule has 6 heteroatoms. The van der Waals surface area contributed by atoms with Crippen molar-refractivity contribution in [1.29, 1.82) is 0 Å². The Bertz CT molecular complexity index is 2720.